The number of aromatic amines is 1. The molecule has 1 aliphatic carbocycles. The number of amides is 1. The van der Waals surface area contributed by atoms with E-state index >= 15 is 0 Å². The Morgan fingerprint density at radius 3 is 3.04 bits per heavy atom. The van der Waals surface area contributed by atoms with Crippen LogP contribution in [0, 0.1) is 0 Å². The molecule has 6 nitrogen and oxygen atoms in total. The van der Waals surface area contributed by atoms with Gasteiger partial charge in [-0.05, 0) is 36.6 Å². The Kier molecular flexibility index (Phi) is 3.52. The summed E-state index contributed by atoms with van der Waals surface area (Å²) >= 11 is 0. The fraction of sp³-hybridized carbons (Fsp3) is 0.333. The maximum absolute atomic E-state index is 12.5. The number of benzene rings is 1. The van der Waals surface area contributed by atoms with E-state index in [1.807, 2.05) is 37.6 Å². The van der Waals surface area contributed by atoms with Crippen molar-refractivity contribution in [1.82, 2.24) is 14.8 Å². The van der Waals surface area contributed by atoms with Gasteiger partial charge in [-0.25, -0.2) is 0 Å². The Morgan fingerprint density at radius 2 is 2.29 bits per heavy atom. The van der Waals surface area contributed by atoms with E-state index in [2.05, 4.69) is 15.4 Å². The van der Waals surface area contributed by atoms with E-state index in [1.165, 1.54) is 0 Å². The van der Waals surface area contributed by atoms with Gasteiger partial charge in [-0.15, -0.1) is 0 Å². The maximum atomic E-state index is 12.5. The Hall–Kier alpha value is -2.76. The van der Waals surface area contributed by atoms with E-state index in [4.69, 9.17) is 4.74 Å². The summed E-state index contributed by atoms with van der Waals surface area (Å²) in [5.41, 5.74) is 3.80. The molecule has 3 aromatic rings. The molecule has 24 heavy (non-hydrogen) atoms. The molecule has 1 amide bonds. The highest BCUT2D eigenvalue weighted by molar-refractivity contribution is 5.96. The van der Waals surface area contributed by atoms with Crippen LogP contribution in [0.1, 0.15) is 30.0 Å². The monoisotopic (exact) mass is 324 g/mol. The highest BCUT2D eigenvalue weighted by Crippen LogP contribution is 2.42. The third-order valence-corrected chi connectivity index (χ3v) is 4.42. The van der Waals surface area contributed by atoms with Crippen LogP contribution in [0.15, 0.2) is 30.6 Å². The number of fused-ring (bicyclic) bond motifs is 1. The van der Waals surface area contributed by atoms with Gasteiger partial charge in [0.1, 0.15) is 5.75 Å². The van der Waals surface area contributed by atoms with E-state index in [-0.39, 0.29) is 5.91 Å². The number of aryl methyl sites for hydroxylation is 1. The lowest BCUT2D eigenvalue weighted by atomic mass is 10.1. The summed E-state index contributed by atoms with van der Waals surface area (Å²) in [5.74, 6) is 1.25. The number of methoxy groups -OCH3 is 1. The van der Waals surface area contributed by atoms with Crippen LogP contribution >= 0.6 is 0 Å². The lowest BCUT2D eigenvalue weighted by molar-refractivity contribution is -0.115. The molecule has 0 saturated heterocycles. The second-order valence-electron chi connectivity index (χ2n) is 6.33. The number of ether oxygens (including phenoxy) is 1. The fourth-order valence-electron chi connectivity index (χ4n) is 3.06. The van der Waals surface area contributed by atoms with Crippen LogP contribution in [0.2, 0.25) is 0 Å². The van der Waals surface area contributed by atoms with Crippen molar-refractivity contribution in [3.63, 3.8) is 0 Å². The maximum Gasteiger partial charge on any atom is 0.228 e. The summed E-state index contributed by atoms with van der Waals surface area (Å²) in [6, 6.07) is 5.82. The molecule has 0 aliphatic heterocycles. The van der Waals surface area contributed by atoms with Crippen molar-refractivity contribution in [2.24, 2.45) is 7.05 Å². The SMILES string of the molecule is COc1ccc2[nH]cc(CC(=O)Nc3cn(C)nc3C3CC3)c2c1. The van der Waals surface area contributed by atoms with Crippen LogP contribution in [0.25, 0.3) is 10.9 Å². The number of H-pyrrole nitrogens is 1. The Morgan fingerprint density at radius 1 is 1.46 bits per heavy atom. The number of hydrogen-bond donors (Lipinski definition) is 2. The normalized spacial score (nSPS) is 14.1. The molecule has 1 aromatic carbocycles. The van der Waals surface area contributed by atoms with Gasteiger partial charge in [0.05, 0.1) is 24.9 Å². The van der Waals surface area contributed by atoms with Crippen molar-refractivity contribution in [1.29, 1.82) is 0 Å². The number of hydrogen-bond acceptors (Lipinski definition) is 3. The average Bonchev–Trinajstić information content (AvgIpc) is 3.25. The molecule has 2 N–H and O–H groups in total. The summed E-state index contributed by atoms with van der Waals surface area (Å²) in [5, 5.41) is 8.50. The van der Waals surface area contributed by atoms with Crippen molar-refractivity contribution in [2.45, 2.75) is 25.2 Å². The number of nitrogens with one attached hydrogen (secondary N) is 2. The molecule has 1 aliphatic rings. The van der Waals surface area contributed by atoms with Gasteiger partial charge in [0.25, 0.3) is 0 Å². The van der Waals surface area contributed by atoms with E-state index in [0.717, 1.165) is 46.4 Å². The molecule has 2 aromatic heterocycles. The van der Waals surface area contributed by atoms with Crippen LogP contribution in [0.5, 0.6) is 5.75 Å². The third-order valence-electron chi connectivity index (χ3n) is 4.42. The number of carbonyl (C=O) groups excluding carboxylic acids is 1. The highest BCUT2D eigenvalue weighted by atomic mass is 16.5. The van der Waals surface area contributed by atoms with Crippen LogP contribution in [-0.4, -0.2) is 27.8 Å². The van der Waals surface area contributed by atoms with Gasteiger partial charge >= 0.3 is 0 Å². The number of carbonyl (C=O) groups is 1. The number of rotatable bonds is 5. The highest BCUT2D eigenvalue weighted by Gasteiger charge is 2.29. The lowest BCUT2D eigenvalue weighted by Crippen LogP contribution is -2.14. The van der Waals surface area contributed by atoms with Crippen LogP contribution in [-0.2, 0) is 18.3 Å². The largest absolute Gasteiger partial charge is 0.497 e. The van der Waals surface area contributed by atoms with E-state index < -0.39 is 0 Å². The molecule has 0 unspecified atom stereocenters. The second-order valence-corrected chi connectivity index (χ2v) is 6.33. The first-order chi connectivity index (χ1) is 11.6. The quantitative estimate of drug-likeness (QED) is 0.758. The lowest BCUT2D eigenvalue weighted by Gasteiger charge is -2.05. The Balaban J connectivity index is 1.54. The minimum absolute atomic E-state index is 0.0337. The Bertz CT molecular complexity index is 905. The van der Waals surface area contributed by atoms with Gasteiger partial charge in [-0.3, -0.25) is 9.48 Å². The third kappa shape index (κ3) is 2.75. The molecule has 0 spiro atoms. The summed E-state index contributed by atoms with van der Waals surface area (Å²) in [6.45, 7) is 0. The number of anilines is 1. The van der Waals surface area contributed by atoms with Gasteiger partial charge in [0.2, 0.25) is 5.91 Å². The zero-order chi connectivity index (χ0) is 16.7. The molecular formula is C18H20N4O2. The molecule has 1 fully saturated rings. The van der Waals surface area contributed by atoms with Gasteiger partial charge in [-0.2, -0.15) is 5.10 Å². The van der Waals surface area contributed by atoms with Gasteiger partial charge < -0.3 is 15.0 Å². The standard InChI is InChI=1S/C18H20N4O2/c1-22-10-16(18(21-22)11-3-4-11)20-17(23)7-12-9-19-15-6-5-13(24-2)8-14(12)15/h5-6,8-11,19H,3-4,7H2,1-2H3,(H,20,23). The molecule has 4 rings (SSSR count). The van der Waals surface area contributed by atoms with E-state index in [1.54, 1.807) is 11.8 Å². The first-order valence-electron chi connectivity index (χ1n) is 8.11. The summed E-state index contributed by atoms with van der Waals surface area (Å²) < 4.78 is 7.04. The Labute approximate surface area is 139 Å². The van der Waals surface area contributed by atoms with Crippen molar-refractivity contribution >= 4 is 22.5 Å². The summed E-state index contributed by atoms with van der Waals surface area (Å²) in [4.78, 5) is 15.7. The molecule has 6 heteroatoms. The number of aromatic nitrogens is 3. The molecule has 1 saturated carbocycles. The summed E-state index contributed by atoms with van der Waals surface area (Å²) in [7, 11) is 3.52. The minimum atomic E-state index is -0.0337. The first-order valence-corrected chi connectivity index (χ1v) is 8.11. The van der Waals surface area contributed by atoms with Crippen molar-refractivity contribution in [2.75, 3.05) is 12.4 Å². The smallest absolute Gasteiger partial charge is 0.228 e. The van der Waals surface area contributed by atoms with Crippen molar-refractivity contribution in [3.8, 4) is 5.75 Å². The van der Waals surface area contributed by atoms with Gasteiger partial charge in [0.15, 0.2) is 0 Å². The van der Waals surface area contributed by atoms with Crippen LogP contribution < -0.4 is 10.1 Å². The van der Waals surface area contributed by atoms with E-state index in [0.29, 0.717) is 12.3 Å². The zero-order valence-corrected chi connectivity index (χ0v) is 13.8. The molecule has 124 valence electrons. The van der Waals surface area contributed by atoms with Crippen molar-refractivity contribution in [3.05, 3.63) is 41.9 Å². The van der Waals surface area contributed by atoms with E-state index in [9.17, 15) is 4.79 Å². The average molecular weight is 324 g/mol. The molecule has 2 heterocycles. The topological polar surface area (TPSA) is 71.9 Å². The zero-order valence-electron chi connectivity index (χ0n) is 13.8. The van der Waals surface area contributed by atoms with Crippen LogP contribution in [0.4, 0.5) is 5.69 Å². The fourth-order valence-corrected chi connectivity index (χ4v) is 3.06. The molecular weight excluding hydrogens is 304 g/mol. The molecule has 0 bridgehead atoms. The minimum Gasteiger partial charge on any atom is -0.497 e. The van der Waals surface area contributed by atoms with Gasteiger partial charge in [0, 0.05) is 36.3 Å². The first kappa shape index (κ1) is 14.8. The van der Waals surface area contributed by atoms with Crippen molar-refractivity contribution < 1.29 is 9.53 Å². The predicted molar refractivity (Wildman–Crippen MR) is 92.4 cm³/mol. The van der Waals surface area contributed by atoms with Gasteiger partial charge in [-0.1, -0.05) is 0 Å². The molecule has 0 radical (unpaired) electrons. The predicted octanol–water partition coefficient (Wildman–Crippen LogP) is 2.97. The molecule has 0 atom stereocenters. The number of nitrogens with zero attached hydrogens (tertiary/aromatic N) is 2. The second kappa shape index (κ2) is 5.70. The van der Waals surface area contributed by atoms with Crippen LogP contribution in [0.3, 0.4) is 0 Å². The summed E-state index contributed by atoms with van der Waals surface area (Å²) in [6.07, 6.45) is 6.38.